The van der Waals surface area contributed by atoms with Crippen molar-refractivity contribution in [2.75, 3.05) is 27.2 Å². The van der Waals surface area contributed by atoms with Crippen LogP contribution < -0.4 is 5.73 Å². The van der Waals surface area contributed by atoms with Gasteiger partial charge in [-0.15, -0.1) is 0 Å². The molecule has 0 bridgehead atoms. The molecule has 1 amide bonds. The van der Waals surface area contributed by atoms with Crippen LogP contribution in [0.15, 0.2) is 0 Å². The van der Waals surface area contributed by atoms with E-state index in [-0.39, 0.29) is 17.9 Å². The van der Waals surface area contributed by atoms with Gasteiger partial charge in [0.1, 0.15) is 0 Å². The summed E-state index contributed by atoms with van der Waals surface area (Å²) in [5.74, 6) is 0.284. The first-order valence-electron chi connectivity index (χ1n) is 6.14. The second kappa shape index (κ2) is 5.64. The van der Waals surface area contributed by atoms with E-state index in [1.54, 1.807) is 0 Å². The van der Waals surface area contributed by atoms with Crippen molar-refractivity contribution in [2.45, 2.75) is 38.8 Å². The van der Waals surface area contributed by atoms with Crippen molar-refractivity contribution in [3.63, 3.8) is 0 Å². The lowest BCUT2D eigenvalue weighted by molar-refractivity contribution is -0.135. The molecule has 1 fully saturated rings. The number of hydrogen-bond donors (Lipinski definition) is 1. The van der Waals surface area contributed by atoms with Crippen LogP contribution in [0.2, 0.25) is 0 Å². The largest absolute Gasteiger partial charge is 0.340 e. The number of carbonyl (C=O) groups is 1. The summed E-state index contributed by atoms with van der Waals surface area (Å²) in [6.45, 7) is 6.08. The Kier molecular flexibility index (Phi) is 4.74. The molecular formula is C12H25N3O. The van der Waals surface area contributed by atoms with Gasteiger partial charge in [-0.1, -0.05) is 13.8 Å². The second-order valence-corrected chi connectivity index (χ2v) is 5.28. The smallest absolute Gasteiger partial charge is 0.239 e. The Hall–Kier alpha value is -0.610. The van der Waals surface area contributed by atoms with Crippen LogP contribution >= 0.6 is 0 Å². The Balaban J connectivity index is 2.55. The molecule has 0 aromatic rings. The highest BCUT2D eigenvalue weighted by molar-refractivity contribution is 5.82. The van der Waals surface area contributed by atoms with Crippen LogP contribution in [0.4, 0.5) is 0 Å². The highest BCUT2D eigenvalue weighted by Crippen LogP contribution is 2.15. The zero-order chi connectivity index (χ0) is 12.3. The molecule has 1 heterocycles. The van der Waals surface area contributed by atoms with Crippen LogP contribution in [0.25, 0.3) is 0 Å². The van der Waals surface area contributed by atoms with E-state index in [9.17, 15) is 4.79 Å². The van der Waals surface area contributed by atoms with Crippen LogP contribution in [0, 0.1) is 5.92 Å². The maximum absolute atomic E-state index is 12.1. The number of rotatable bonds is 3. The quantitative estimate of drug-likeness (QED) is 0.765. The minimum Gasteiger partial charge on any atom is -0.340 e. The highest BCUT2D eigenvalue weighted by Gasteiger charge is 2.28. The molecule has 0 saturated carbocycles. The third-order valence-electron chi connectivity index (χ3n) is 3.50. The molecule has 1 rings (SSSR count). The van der Waals surface area contributed by atoms with Gasteiger partial charge >= 0.3 is 0 Å². The summed E-state index contributed by atoms with van der Waals surface area (Å²) >= 11 is 0. The van der Waals surface area contributed by atoms with Gasteiger partial charge in [0.15, 0.2) is 0 Å². The normalized spacial score (nSPS) is 24.5. The van der Waals surface area contributed by atoms with Crippen LogP contribution in [-0.2, 0) is 4.79 Å². The zero-order valence-corrected chi connectivity index (χ0v) is 10.9. The minimum absolute atomic E-state index is 0.0790. The summed E-state index contributed by atoms with van der Waals surface area (Å²) in [5.41, 5.74) is 5.90. The summed E-state index contributed by atoms with van der Waals surface area (Å²) in [6.07, 6.45) is 2.26. The van der Waals surface area contributed by atoms with Crippen molar-refractivity contribution < 1.29 is 4.79 Å². The Labute approximate surface area is 98.8 Å². The number of amides is 1. The van der Waals surface area contributed by atoms with Crippen LogP contribution in [0.5, 0.6) is 0 Å². The first kappa shape index (κ1) is 13.5. The molecule has 0 spiro atoms. The number of nitrogens with two attached hydrogens (primary N) is 1. The molecule has 16 heavy (non-hydrogen) atoms. The van der Waals surface area contributed by atoms with Crippen molar-refractivity contribution in [1.82, 2.24) is 9.80 Å². The number of likely N-dealkylation sites (N-methyl/N-ethyl adjacent to an activating group) is 2. The van der Waals surface area contributed by atoms with Crippen molar-refractivity contribution in [1.29, 1.82) is 0 Å². The Morgan fingerprint density at radius 2 is 2.12 bits per heavy atom. The van der Waals surface area contributed by atoms with Crippen molar-refractivity contribution in [3.8, 4) is 0 Å². The first-order chi connectivity index (χ1) is 7.43. The van der Waals surface area contributed by atoms with Gasteiger partial charge in [-0.25, -0.2) is 0 Å². The van der Waals surface area contributed by atoms with Crippen LogP contribution in [-0.4, -0.2) is 55.0 Å². The molecule has 0 aliphatic carbocycles. The van der Waals surface area contributed by atoms with Gasteiger partial charge in [0.2, 0.25) is 5.91 Å². The lowest BCUT2D eigenvalue weighted by Gasteiger charge is -2.37. The van der Waals surface area contributed by atoms with Crippen LogP contribution in [0.3, 0.4) is 0 Å². The summed E-state index contributed by atoms with van der Waals surface area (Å²) < 4.78 is 0. The van der Waals surface area contributed by atoms with Gasteiger partial charge in [-0.2, -0.15) is 0 Å². The molecule has 2 atom stereocenters. The van der Waals surface area contributed by atoms with Gasteiger partial charge in [0.25, 0.3) is 0 Å². The maximum atomic E-state index is 12.1. The van der Waals surface area contributed by atoms with Gasteiger partial charge in [0, 0.05) is 19.6 Å². The zero-order valence-electron chi connectivity index (χ0n) is 10.9. The summed E-state index contributed by atoms with van der Waals surface area (Å²) in [5, 5.41) is 0. The maximum Gasteiger partial charge on any atom is 0.239 e. The fourth-order valence-electron chi connectivity index (χ4n) is 2.16. The van der Waals surface area contributed by atoms with E-state index >= 15 is 0 Å². The average Bonchev–Trinajstić information content (AvgIpc) is 2.26. The van der Waals surface area contributed by atoms with E-state index in [4.69, 9.17) is 5.73 Å². The van der Waals surface area contributed by atoms with Crippen LogP contribution in [0.1, 0.15) is 26.7 Å². The summed E-state index contributed by atoms with van der Waals surface area (Å²) in [7, 11) is 3.99. The number of likely N-dealkylation sites (tertiary alicyclic amines) is 1. The standard InChI is InChI=1S/C12H25N3O/c1-9(2)11(13)12(16)15(4)10-6-5-7-14(3)8-10/h9-11H,5-8,13H2,1-4H3/t10-,11-/m0/s1. The van der Waals surface area contributed by atoms with Gasteiger partial charge < -0.3 is 15.5 Å². The number of piperidine rings is 1. The van der Waals surface area contributed by atoms with E-state index in [1.165, 1.54) is 0 Å². The first-order valence-corrected chi connectivity index (χ1v) is 6.14. The lowest BCUT2D eigenvalue weighted by Crippen LogP contribution is -2.53. The molecule has 0 radical (unpaired) electrons. The van der Waals surface area contributed by atoms with Gasteiger partial charge in [-0.3, -0.25) is 4.79 Å². The number of nitrogens with zero attached hydrogens (tertiary/aromatic N) is 2. The molecule has 1 saturated heterocycles. The molecule has 0 aromatic heterocycles. The molecule has 2 N–H and O–H groups in total. The minimum atomic E-state index is -0.364. The van der Waals surface area contributed by atoms with E-state index in [1.807, 2.05) is 25.8 Å². The Bertz CT molecular complexity index is 242. The fourth-order valence-corrected chi connectivity index (χ4v) is 2.16. The average molecular weight is 227 g/mol. The molecule has 0 unspecified atom stereocenters. The Morgan fingerprint density at radius 1 is 1.50 bits per heavy atom. The monoisotopic (exact) mass is 227 g/mol. The highest BCUT2D eigenvalue weighted by atomic mass is 16.2. The molecule has 1 aliphatic heterocycles. The van der Waals surface area contributed by atoms with E-state index in [0.717, 1.165) is 25.9 Å². The molecule has 1 aliphatic rings. The number of hydrogen-bond acceptors (Lipinski definition) is 3. The third-order valence-corrected chi connectivity index (χ3v) is 3.50. The SMILES string of the molecule is CC(C)[C@H](N)C(=O)N(C)[C@H]1CCCN(C)C1. The topological polar surface area (TPSA) is 49.6 Å². The predicted octanol–water partition coefficient (Wildman–Crippen LogP) is 0.522. The summed E-state index contributed by atoms with van der Waals surface area (Å²) in [6, 6.07) is -0.0340. The van der Waals surface area contributed by atoms with Crippen molar-refractivity contribution in [3.05, 3.63) is 0 Å². The predicted molar refractivity (Wildman–Crippen MR) is 66.1 cm³/mol. The molecule has 0 aromatic carbocycles. The van der Waals surface area contributed by atoms with Crippen molar-refractivity contribution in [2.24, 2.45) is 11.7 Å². The third kappa shape index (κ3) is 3.19. The molecule has 4 nitrogen and oxygen atoms in total. The van der Waals surface area contributed by atoms with Gasteiger partial charge in [0.05, 0.1) is 6.04 Å². The second-order valence-electron chi connectivity index (χ2n) is 5.28. The fraction of sp³-hybridized carbons (Fsp3) is 0.917. The number of carbonyl (C=O) groups excluding carboxylic acids is 1. The molecular weight excluding hydrogens is 202 g/mol. The van der Waals surface area contributed by atoms with E-state index < -0.39 is 0 Å². The molecule has 4 heteroatoms. The molecule has 94 valence electrons. The van der Waals surface area contributed by atoms with E-state index in [0.29, 0.717) is 6.04 Å². The van der Waals surface area contributed by atoms with E-state index in [2.05, 4.69) is 11.9 Å². The summed E-state index contributed by atoms with van der Waals surface area (Å²) in [4.78, 5) is 16.2. The van der Waals surface area contributed by atoms with Gasteiger partial charge in [-0.05, 0) is 32.4 Å². The Morgan fingerprint density at radius 3 is 2.62 bits per heavy atom. The lowest BCUT2D eigenvalue weighted by atomic mass is 10.0. The van der Waals surface area contributed by atoms with Crippen molar-refractivity contribution >= 4 is 5.91 Å².